The summed E-state index contributed by atoms with van der Waals surface area (Å²) in [7, 11) is 0. The van der Waals surface area contributed by atoms with Crippen molar-refractivity contribution in [2.24, 2.45) is 0 Å². The lowest BCUT2D eigenvalue weighted by Gasteiger charge is -2.33. The van der Waals surface area contributed by atoms with Crippen molar-refractivity contribution >= 4 is 33.2 Å². The standard InChI is InChI=1S/C24H25N5O3/c30-24-20-16-25-23-19(22(20)26-29(24)17-4-2-1-3-5-17)14-18(27-6-10-31-11-7-27)15-21(23)28-8-12-32-13-9-28/h1-5,14-16,26H,6-13H2. The van der Waals surface area contributed by atoms with E-state index < -0.39 is 0 Å². The highest BCUT2D eigenvalue weighted by Crippen LogP contribution is 2.35. The molecule has 0 unspecified atom stereocenters. The summed E-state index contributed by atoms with van der Waals surface area (Å²) in [5, 5.41) is 4.91. The van der Waals surface area contributed by atoms with Crippen LogP contribution in [0.4, 0.5) is 11.4 Å². The average molecular weight is 431 g/mol. The number of anilines is 2. The molecule has 0 atom stereocenters. The SMILES string of the molecule is O=c1c2cnc3c(N4CCOCC4)cc(N4CCOCC4)cc3c2[nH]n1-c1ccccc1. The number of hydrogen-bond acceptors (Lipinski definition) is 6. The molecule has 2 aliphatic rings. The largest absolute Gasteiger partial charge is 0.378 e. The number of nitrogens with zero attached hydrogens (tertiary/aromatic N) is 4. The summed E-state index contributed by atoms with van der Waals surface area (Å²) in [6.07, 6.45) is 1.70. The topological polar surface area (TPSA) is 75.6 Å². The molecule has 164 valence electrons. The van der Waals surface area contributed by atoms with Crippen LogP contribution in [0.5, 0.6) is 0 Å². The maximum Gasteiger partial charge on any atom is 0.280 e. The smallest absolute Gasteiger partial charge is 0.280 e. The van der Waals surface area contributed by atoms with Gasteiger partial charge in [0.25, 0.3) is 5.56 Å². The van der Waals surface area contributed by atoms with Crippen LogP contribution < -0.4 is 15.4 Å². The summed E-state index contributed by atoms with van der Waals surface area (Å²) in [5.41, 5.74) is 4.64. The number of morpholine rings is 2. The van der Waals surface area contributed by atoms with Crippen LogP contribution in [0.25, 0.3) is 27.5 Å². The Hall–Kier alpha value is -3.36. The van der Waals surface area contributed by atoms with Crippen LogP contribution in [0.15, 0.2) is 53.5 Å². The van der Waals surface area contributed by atoms with E-state index in [-0.39, 0.29) is 5.56 Å². The van der Waals surface area contributed by atoms with E-state index in [1.165, 1.54) is 0 Å². The highest BCUT2D eigenvalue weighted by atomic mass is 16.5. The van der Waals surface area contributed by atoms with Crippen LogP contribution in [0.1, 0.15) is 0 Å². The Morgan fingerprint density at radius 1 is 0.812 bits per heavy atom. The minimum Gasteiger partial charge on any atom is -0.378 e. The molecule has 1 N–H and O–H groups in total. The lowest BCUT2D eigenvalue weighted by atomic mass is 10.1. The summed E-state index contributed by atoms with van der Waals surface area (Å²) < 4.78 is 12.7. The number of benzene rings is 2. The molecule has 0 aliphatic carbocycles. The number of aromatic nitrogens is 3. The predicted molar refractivity (Wildman–Crippen MR) is 125 cm³/mol. The van der Waals surface area contributed by atoms with Crippen molar-refractivity contribution in [3.8, 4) is 5.69 Å². The van der Waals surface area contributed by atoms with Gasteiger partial charge in [-0.15, -0.1) is 0 Å². The number of aromatic amines is 1. The highest BCUT2D eigenvalue weighted by molar-refractivity contribution is 6.08. The molecule has 2 fully saturated rings. The van der Waals surface area contributed by atoms with Crippen molar-refractivity contribution in [3.63, 3.8) is 0 Å². The van der Waals surface area contributed by atoms with Crippen LogP contribution in [-0.4, -0.2) is 67.4 Å². The Morgan fingerprint density at radius 2 is 1.50 bits per heavy atom. The van der Waals surface area contributed by atoms with Gasteiger partial charge < -0.3 is 19.3 Å². The molecule has 2 aromatic carbocycles. The quantitative estimate of drug-likeness (QED) is 0.537. The second-order valence-corrected chi connectivity index (χ2v) is 8.19. The van der Waals surface area contributed by atoms with Gasteiger partial charge in [-0.3, -0.25) is 14.9 Å². The Balaban J connectivity index is 1.59. The molecule has 2 aliphatic heterocycles. The molecule has 0 amide bonds. The normalized spacial score (nSPS) is 17.4. The zero-order valence-corrected chi connectivity index (χ0v) is 17.8. The number of nitrogens with one attached hydrogen (secondary N) is 1. The van der Waals surface area contributed by atoms with Crippen LogP contribution in [0, 0.1) is 0 Å². The van der Waals surface area contributed by atoms with Crippen LogP contribution in [0.3, 0.4) is 0 Å². The fourth-order valence-electron chi connectivity index (χ4n) is 4.64. The summed E-state index contributed by atoms with van der Waals surface area (Å²) in [6, 6.07) is 14.0. The Kier molecular flexibility index (Phi) is 4.81. The fraction of sp³-hybridized carbons (Fsp3) is 0.333. The lowest BCUT2D eigenvalue weighted by molar-refractivity contribution is 0.122. The van der Waals surface area contributed by atoms with Crippen molar-refractivity contribution in [2.75, 3.05) is 62.4 Å². The first-order chi connectivity index (χ1) is 15.8. The van der Waals surface area contributed by atoms with Crippen molar-refractivity contribution in [1.29, 1.82) is 0 Å². The van der Waals surface area contributed by atoms with E-state index in [0.29, 0.717) is 31.8 Å². The van der Waals surface area contributed by atoms with Gasteiger partial charge in [0.15, 0.2) is 0 Å². The molecule has 32 heavy (non-hydrogen) atoms. The van der Waals surface area contributed by atoms with Gasteiger partial charge in [-0.25, -0.2) is 4.68 Å². The molecule has 2 aromatic heterocycles. The molecule has 4 aromatic rings. The van der Waals surface area contributed by atoms with Crippen molar-refractivity contribution < 1.29 is 9.47 Å². The fourth-order valence-corrected chi connectivity index (χ4v) is 4.64. The Bertz CT molecular complexity index is 1320. The molecule has 8 heteroatoms. The first kappa shape index (κ1) is 19.3. The monoisotopic (exact) mass is 431 g/mol. The summed E-state index contributed by atoms with van der Waals surface area (Å²) in [4.78, 5) is 22.6. The molecule has 0 saturated carbocycles. The van der Waals surface area contributed by atoms with Crippen molar-refractivity contribution in [3.05, 3.63) is 59.0 Å². The van der Waals surface area contributed by atoms with Gasteiger partial charge in [0.2, 0.25) is 0 Å². The molecule has 6 rings (SSSR count). The lowest BCUT2D eigenvalue weighted by Crippen LogP contribution is -2.38. The maximum absolute atomic E-state index is 13.2. The average Bonchev–Trinajstić information content (AvgIpc) is 3.22. The number of H-pyrrole nitrogens is 1. The molecular formula is C24H25N5O3. The Labute approximate surface area is 184 Å². The van der Waals surface area contributed by atoms with Gasteiger partial charge in [-0.1, -0.05) is 18.2 Å². The van der Waals surface area contributed by atoms with Gasteiger partial charge in [-0.05, 0) is 24.3 Å². The minimum absolute atomic E-state index is 0.0923. The number of para-hydroxylation sites is 1. The summed E-state index contributed by atoms with van der Waals surface area (Å²) >= 11 is 0. The number of pyridine rings is 1. The van der Waals surface area contributed by atoms with Gasteiger partial charge in [-0.2, -0.15) is 0 Å². The molecule has 0 spiro atoms. The number of rotatable bonds is 3. The predicted octanol–water partition coefficient (Wildman–Crippen LogP) is 2.54. The first-order valence-corrected chi connectivity index (χ1v) is 11.1. The second kappa shape index (κ2) is 7.96. The third-order valence-corrected chi connectivity index (χ3v) is 6.34. The van der Waals surface area contributed by atoms with Crippen LogP contribution in [-0.2, 0) is 9.47 Å². The zero-order chi connectivity index (χ0) is 21.5. The molecule has 4 heterocycles. The van der Waals surface area contributed by atoms with E-state index in [9.17, 15) is 4.79 Å². The zero-order valence-electron chi connectivity index (χ0n) is 17.8. The summed E-state index contributed by atoms with van der Waals surface area (Å²) in [6.45, 7) is 6.17. The Morgan fingerprint density at radius 3 is 2.22 bits per heavy atom. The molecular weight excluding hydrogens is 406 g/mol. The molecule has 0 bridgehead atoms. The van der Waals surface area contributed by atoms with Gasteiger partial charge in [0.05, 0.1) is 54.2 Å². The van der Waals surface area contributed by atoms with E-state index in [1.54, 1.807) is 10.9 Å². The number of ether oxygens (including phenoxy) is 2. The number of fused-ring (bicyclic) bond motifs is 3. The first-order valence-electron chi connectivity index (χ1n) is 11.1. The van der Waals surface area contributed by atoms with Crippen LogP contribution in [0.2, 0.25) is 0 Å². The van der Waals surface area contributed by atoms with Crippen molar-refractivity contribution in [2.45, 2.75) is 0 Å². The molecule has 8 nitrogen and oxygen atoms in total. The van der Waals surface area contributed by atoms with E-state index in [4.69, 9.17) is 14.5 Å². The summed E-state index contributed by atoms with van der Waals surface area (Å²) in [5.74, 6) is 0. The van der Waals surface area contributed by atoms with Gasteiger partial charge in [0, 0.05) is 43.4 Å². The van der Waals surface area contributed by atoms with E-state index in [2.05, 4.69) is 27.0 Å². The highest BCUT2D eigenvalue weighted by Gasteiger charge is 2.22. The molecule has 0 radical (unpaired) electrons. The van der Waals surface area contributed by atoms with Gasteiger partial charge in [0.1, 0.15) is 0 Å². The second-order valence-electron chi connectivity index (χ2n) is 8.19. The molecule has 2 saturated heterocycles. The van der Waals surface area contributed by atoms with Gasteiger partial charge >= 0.3 is 0 Å². The van der Waals surface area contributed by atoms with Crippen LogP contribution >= 0.6 is 0 Å². The van der Waals surface area contributed by atoms with Crippen molar-refractivity contribution in [1.82, 2.24) is 14.8 Å². The van der Waals surface area contributed by atoms with E-state index in [1.807, 2.05) is 30.3 Å². The van der Waals surface area contributed by atoms with E-state index in [0.717, 1.165) is 59.7 Å². The van der Waals surface area contributed by atoms with E-state index >= 15 is 0 Å². The number of hydrogen-bond donors (Lipinski definition) is 1. The third-order valence-electron chi connectivity index (χ3n) is 6.34. The maximum atomic E-state index is 13.2. The third kappa shape index (κ3) is 3.23. The minimum atomic E-state index is -0.0923.